The molecule has 1 aromatic heterocycles. The molecule has 0 spiro atoms. The minimum absolute atomic E-state index is 0.365. The molecule has 0 aliphatic heterocycles. The summed E-state index contributed by atoms with van der Waals surface area (Å²) in [6.45, 7) is 1.09. The number of hydrogen-bond acceptors (Lipinski definition) is 3. The lowest BCUT2D eigenvalue weighted by atomic mass is 10.2. The number of aryl methyl sites for hydroxylation is 1. The number of alkyl halides is 3. The minimum atomic E-state index is -4.53. The van der Waals surface area contributed by atoms with Crippen molar-refractivity contribution >= 4 is 6.29 Å². The van der Waals surface area contributed by atoms with Gasteiger partial charge in [-0.05, 0) is 19.1 Å². The zero-order chi connectivity index (χ0) is 11.5. The highest BCUT2D eigenvalue weighted by molar-refractivity contribution is 5.51. The van der Waals surface area contributed by atoms with Crippen LogP contribution in [0.1, 0.15) is 11.3 Å². The van der Waals surface area contributed by atoms with Crippen LogP contribution in [0.2, 0.25) is 0 Å². The summed E-state index contributed by atoms with van der Waals surface area (Å²) in [6.07, 6.45) is -4.16. The fraction of sp³-hybridized carbons (Fsp3) is 0.333. The molecule has 0 unspecified atom stereocenters. The van der Waals surface area contributed by atoms with Crippen LogP contribution in [-0.2, 0) is 11.0 Å². The van der Waals surface area contributed by atoms with Crippen LogP contribution in [0.25, 0.3) is 0 Å². The maximum absolute atomic E-state index is 12.4. The first-order valence-electron chi connectivity index (χ1n) is 4.06. The van der Waals surface area contributed by atoms with E-state index in [1.54, 1.807) is 0 Å². The van der Waals surface area contributed by atoms with Crippen molar-refractivity contribution in [3.63, 3.8) is 0 Å². The fourth-order valence-corrected chi connectivity index (χ4v) is 0.972. The zero-order valence-electron chi connectivity index (χ0n) is 7.84. The van der Waals surface area contributed by atoms with E-state index in [0.717, 1.165) is 6.07 Å². The molecule has 1 rings (SSSR count). The second-order valence-corrected chi connectivity index (χ2v) is 2.78. The summed E-state index contributed by atoms with van der Waals surface area (Å²) < 4.78 is 41.8. The van der Waals surface area contributed by atoms with Gasteiger partial charge in [-0.15, -0.1) is 0 Å². The van der Waals surface area contributed by atoms with Crippen LogP contribution in [0.5, 0.6) is 5.88 Å². The molecule has 0 atom stereocenters. The highest BCUT2D eigenvalue weighted by Crippen LogP contribution is 2.34. The number of carbonyl (C=O) groups excluding carboxylic acids is 1. The standard InChI is InChI=1S/C9H8F3NO2/c1-6-2-3-7(9(10,11)12)8(13-6)15-5-4-14/h2-4H,5H2,1H3. The van der Waals surface area contributed by atoms with Gasteiger partial charge in [0.15, 0.2) is 6.29 Å². The number of aromatic nitrogens is 1. The Hall–Kier alpha value is -1.59. The molecule has 0 bridgehead atoms. The number of halogens is 3. The molecule has 6 heteroatoms. The Kier molecular flexibility index (Phi) is 3.28. The van der Waals surface area contributed by atoms with Crippen LogP contribution in [0, 0.1) is 6.92 Å². The summed E-state index contributed by atoms with van der Waals surface area (Å²) in [6, 6.07) is 2.11. The molecular weight excluding hydrogens is 211 g/mol. The highest BCUT2D eigenvalue weighted by Gasteiger charge is 2.35. The van der Waals surface area contributed by atoms with Gasteiger partial charge in [0.05, 0.1) is 0 Å². The average molecular weight is 219 g/mol. The van der Waals surface area contributed by atoms with E-state index in [4.69, 9.17) is 0 Å². The number of aldehydes is 1. The van der Waals surface area contributed by atoms with Crippen LogP contribution >= 0.6 is 0 Å². The van der Waals surface area contributed by atoms with E-state index < -0.39 is 24.2 Å². The Morgan fingerprint density at radius 3 is 2.67 bits per heavy atom. The van der Waals surface area contributed by atoms with Crippen LogP contribution in [-0.4, -0.2) is 17.9 Å². The van der Waals surface area contributed by atoms with Crippen molar-refractivity contribution in [1.29, 1.82) is 0 Å². The second-order valence-electron chi connectivity index (χ2n) is 2.78. The molecular formula is C9H8F3NO2. The summed E-state index contributed by atoms with van der Waals surface area (Å²) in [5, 5.41) is 0. The number of carbonyl (C=O) groups is 1. The largest absolute Gasteiger partial charge is 0.470 e. The lowest BCUT2D eigenvalue weighted by Crippen LogP contribution is -2.11. The van der Waals surface area contributed by atoms with Crippen molar-refractivity contribution < 1.29 is 22.7 Å². The van der Waals surface area contributed by atoms with Crippen LogP contribution < -0.4 is 4.74 Å². The Morgan fingerprint density at radius 2 is 2.13 bits per heavy atom. The van der Waals surface area contributed by atoms with E-state index in [0.29, 0.717) is 12.0 Å². The Labute approximate surface area is 83.9 Å². The van der Waals surface area contributed by atoms with Gasteiger partial charge in [0.2, 0.25) is 5.88 Å². The number of hydrogen-bond donors (Lipinski definition) is 0. The Bertz CT molecular complexity index is 363. The first-order chi connectivity index (χ1) is 6.95. The molecule has 0 saturated carbocycles. The number of ether oxygens (including phenoxy) is 1. The van der Waals surface area contributed by atoms with Gasteiger partial charge < -0.3 is 4.74 Å². The second kappa shape index (κ2) is 4.29. The van der Waals surface area contributed by atoms with E-state index in [2.05, 4.69) is 9.72 Å². The van der Waals surface area contributed by atoms with Gasteiger partial charge in [-0.2, -0.15) is 13.2 Å². The summed E-state index contributed by atoms with van der Waals surface area (Å²) >= 11 is 0. The van der Waals surface area contributed by atoms with Gasteiger partial charge >= 0.3 is 6.18 Å². The molecule has 0 amide bonds. The molecule has 0 saturated heterocycles. The average Bonchev–Trinajstić information content (AvgIpc) is 2.12. The van der Waals surface area contributed by atoms with Gasteiger partial charge in [0.1, 0.15) is 12.2 Å². The predicted molar refractivity (Wildman–Crippen MR) is 45.5 cm³/mol. The predicted octanol–water partition coefficient (Wildman–Crippen LogP) is 1.99. The topological polar surface area (TPSA) is 39.2 Å². The first-order valence-corrected chi connectivity index (χ1v) is 4.06. The number of rotatable bonds is 3. The third kappa shape index (κ3) is 2.93. The zero-order valence-corrected chi connectivity index (χ0v) is 7.84. The summed E-state index contributed by atoms with van der Waals surface area (Å²) in [7, 11) is 0. The van der Waals surface area contributed by atoms with Crippen LogP contribution in [0.3, 0.4) is 0 Å². The molecule has 0 N–H and O–H groups in total. The smallest absolute Gasteiger partial charge is 0.421 e. The molecule has 82 valence electrons. The van der Waals surface area contributed by atoms with Crippen molar-refractivity contribution in [2.45, 2.75) is 13.1 Å². The molecule has 0 aliphatic carbocycles. The highest BCUT2D eigenvalue weighted by atomic mass is 19.4. The fourth-order valence-electron chi connectivity index (χ4n) is 0.972. The van der Waals surface area contributed by atoms with Gasteiger partial charge in [-0.3, -0.25) is 4.79 Å². The first kappa shape index (κ1) is 11.5. The van der Waals surface area contributed by atoms with E-state index in [-0.39, 0.29) is 0 Å². The molecule has 3 nitrogen and oxygen atoms in total. The lowest BCUT2D eigenvalue weighted by molar-refractivity contribution is -0.139. The van der Waals surface area contributed by atoms with Crippen LogP contribution in [0.15, 0.2) is 12.1 Å². The van der Waals surface area contributed by atoms with Gasteiger partial charge in [-0.25, -0.2) is 4.98 Å². The third-order valence-corrected chi connectivity index (χ3v) is 1.59. The molecule has 0 aromatic carbocycles. The molecule has 15 heavy (non-hydrogen) atoms. The van der Waals surface area contributed by atoms with Crippen LogP contribution in [0.4, 0.5) is 13.2 Å². The van der Waals surface area contributed by atoms with Crippen molar-refractivity contribution in [1.82, 2.24) is 4.98 Å². The molecule has 1 aromatic rings. The summed E-state index contributed by atoms with van der Waals surface area (Å²) in [4.78, 5) is 13.6. The van der Waals surface area contributed by atoms with Crippen molar-refractivity contribution in [3.05, 3.63) is 23.4 Å². The summed E-state index contributed by atoms with van der Waals surface area (Å²) in [5.74, 6) is -0.561. The maximum atomic E-state index is 12.4. The monoisotopic (exact) mass is 219 g/mol. The third-order valence-electron chi connectivity index (χ3n) is 1.59. The Balaban J connectivity index is 3.08. The SMILES string of the molecule is Cc1ccc(C(F)(F)F)c(OCC=O)n1. The number of pyridine rings is 1. The number of nitrogens with zero attached hydrogens (tertiary/aromatic N) is 1. The van der Waals surface area contributed by atoms with Gasteiger partial charge in [-0.1, -0.05) is 0 Å². The normalized spacial score (nSPS) is 11.2. The van der Waals surface area contributed by atoms with Crippen molar-refractivity contribution in [2.24, 2.45) is 0 Å². The van der Waals surface area contributed by atoms with Crippen molar-refractivity contribution in [2.75, 3.05) is 6.61 Å². The maximum Gasteiger partial charge on any atom is 0.421 e. The molecule has 1 heterocycles. The molecule has 0 fully saturated rings. The lowest BCUT2D eigenvalue weighted by Gasteiger charge is -2.11. The van der Waals surface area contributed by atoms with E-state index in [1.807, 2.05) is 0 Å². The van der Waals surface area contributed by atoms with E-state index >= 15 is 0 Å². The van der Waals surface area contributed by atoms with Gasteiger partial charge in [0.25, 0.3) is 0 Å². The minimum Gasteiger partial charge on any atom is -0.470 e. The van der Waals surface area contributed by atoms with Crippen molar-refractivity contribution in [3.8, 4) is 5.88 Å². The van der Waals surface area contributed by atoms with E-state index in [9.17, 15) is 18.0 Å². The molecule has 0 aliphatic rings. The quantitative estimate of drug-likeness (QED) is 0.730. The summed E-state index contributed by atoms with van der Waals surface area (Å²) in [5.41, 5.74) is -0.584. The Morgan fingerprint density at radius 1 is 1.47 bits per heavy atom. The molecule has 0 radical (unpaired) electrons. The van der Waals surface area contributed by atoms with Gasteiger partial charge in [0, 0.05) is 5.69 Å². The van der Waals surface area contributed by atoms with E-state index in [1.165, 1.54) is 13.0 Å².